The highest BCUT2D eigenvalue weighted by Crippen LogP contribution is 2.25. The number of hydrogen-bond donors (Lipinski definition) is 1. The van der Waals surface area contributed by atoms with E-state index in [4.69, 9.17) is 21.4 Å². The minimum Gasteiger partial charge on any atom is -0.482 e. The normalized spacial score (nSPS) is 10.3. The molecule has 0 aliphatic rings. The quantitative estimate of drug-likeness (QED) is 0.836. The van der Waals surface area contributed by atoms with Gasteiger partial charge in [0.25, 0.3) is 5.91 Å². The van der Waals surface area contributed by atoms with Gasteiger partial charge in [-0.3, -0.25) is 4.79 Å². The number of aryl methyl sites for hydroxylation is 1. The Morgan fingerprint density at radius 3 is 2.79 bits per heavy atom. The first-order chi connectivity index (χ1) is 9.08. The first-order valence-electron chi connectivity index (χ1n) is 6.36. The van der Waals surface area contributed by atoms with Gasteiger partial charge in [0.2, 0.25) is 0 Å². The minimum absolute atomic E-state index is 0.0447. The van der Waals surface area contributed by atoms with Gasteiger partial charge < -0.3 is 14.7 Å². The van der Waals surface area contributed by atoms with E-state index in [1.165, 1.54) is 0 Å². The van der Waals surface area contributed by atoms with Crippen LogP contribution in [0.4, 0.5) is 0 Å². The number of halogens is 1. The molecule has 1 rings (SSSR count). The Morgan fingerprint density at radius 1 is 1.42 bits per heavy atom. The van der Waals surface area contributed by atoms with Gasteiger partial charge in [-0.2, -0.15) is 0 Å². The van der Waals surface area contributed by atoms with Crippen molar-refractivity contribution in [3.05, 3.63) is 28.8 Å². The molecule has 1 N–H and O–H groups in total. The number of ether oxygens (including phenoxy) is 1. The van der Waals surface area contributed by atoms with Crippen molar-refractivity contribution in [2.75, 3.05) is 26.3 Å². The molecule has 4 nitrogen and oxygen atoms in total. The SMILES string of the molecule is CCCN(CCO)C(=O)COc1cc(C)ccc1Cl. The van der Waals surface area contributed by atoms with Gasteiger partial charge in [-0.05, 0) is 31.0 Å². The van der Waals surface area contributed by atoms with Gasteiger partial charge in [-0.15, -0.1) is 0 Å². The first kappa shape index (κ1) is 15.8. The molecule has 0 radical (unpaired) electrons. The molecule has 5 heteroatoms. The summed E-state index contributed by atoms with van der Waals surface area (Å²) >= 11 is 5.99. The monoisotopic (exact) mass is 285 g/mol. The van der Waals surface area contributed by atoms with Crippen LogP contribution in [0.1, 0.15) is 18.9 Å². The molecule has 0 heterocycles. The fourth-order valence-corrected chi connectivity index (χ4v) is 1.88. The van der Waals surface area contributed by atoms with E-state index in [2.05, 4.69) is 0 Å². The second kappa shape index (κ2) is 8.02. The summed E-state index contributed by atoms with van der Waals surface area (Å²) in [6.45, 7) is 4.75. The zero-order valence-electron chi connectivity index (χ0n) is 11.4. The fraction of sp³-hybridized carbons (Fsp3) is 0.500. The molecule has 19 heavy (non-hydrogen) atoms. The Labute approximate surface area is 118 Å². The Kier molecular flexibility index (Phi) is 6.67. The van der Waals surface area contributed by atoms with Crippen LogP contribution in [0.15, 0.2) is 18.2 Å². The molecule has 0 aliphatic carbocycles. The molecular weight excluding hydrogens is 266 g/mol. The van der Waals surface area contributed by atoms with E-state index in [0.717, 1.165) is 12.0 Å². The van der Waals surface area contributed by atoms with Crippen LogP contribution >= 0.6 is 11.6 Å². The molecule has 1 aromatic carbocycles. The van der Waals surface area contributed by atoms with Gasteiger partial charge >= 0.3 is 0 Å². The lowest BCUT2D eigenvalue weighted by atomic mass is 10.2. The van der Waals surface area contributed by atoms with Crippen molar-refractivity contribution in [1.82, 2.24) is 4.90 Å². The van der Waals surface area contributed by atoms with Crippen LogP contribution in [-0.2, 0) is 4.79 Å². The van der Waals surface area contributed by atoms with E-state index in [0.29, 0.717) is 23.9 Å². The molecule has 0 aromatic heterocycles. The van der Waals surface area contributed by atoms with Crippen LogP contribution in [0.25, 0.3) is 0 Å². The number of benzene rings is 1. The van der Waals surface area contributed by atoms with Crippen molar-refractivity contribution >= 4 is 17.5 Å². The molecule has 0 bridgehead atoms. The number of aliphatic hydroxyl groups is 1. The van der Waals surface area contributed by atoms with Crippen molar-refractivity contribution in [1.29, 1.82) is 0 Å². The highest BCUT2D eigenvalue weighted by molar-refractivity contribution is 6.32. The lowest BCUT2D eigenvalue weighted by Gasteiger charge is -2.21. The summed E-state index contributed by atoms with van der Waals surface area (Å²) in [7, 11) is 0. The van der Waals surface area contributed by atoms with E-state index < -0.39 is 0 Å². The molecule has 0 unspecified atom stereocenters. The number of aliphatic hydroxyl groups excluding tert-OH is 1. The minimum atomic E-state index is -0.145. The molecule has 0 saturated heterocycles. The predicted molar refractivity (Wildman–Crippen MR) is 75.6 cm³/mol. The summed E-state index contributed by atoms with van der Waals surface area (Å²) in [5.74, 6) is 0.365. The highest BCUT2D eigenvalue weighted by atomic mass is 35.5. The maximum Gasteiger partial charge on any atom is 0.260 e. The summed E-state index contributed by atoms with van der Waals surface area (Å²) < 4.78 is 5.45. The topological polar surface area (TPSA) is 49.8 Å². The summed E-state index contributed by atoms with van der Waals surface area (Å²) in [4.78, 5) is 13.5. The molecule has 0 saturated carbocycles. The number of nitrogens with zero attached hydrogens (tertiary/aromatic N) is 1. The van der Waals surface area contributed by atoms with Crippen molar-refractivity contribution in [3.8, 4) is 5.75 Å². The van der Waals surface area contributed by atoms with E-state index >= 15 is 0 Å². The van der Waals surface area contributed by atoms with E-state index in [1.807, 2.05) is 19.9 Å². The van der Waals surface area contributed by atoms with Crippen LogP contribution in [-0.4, -0.2) is 42.2 Å². The number of carbonyl (C=O) groups excluding carboxylic acids is 1. The fourth-order valence-electron chi connectivity index (χ4n) is 1.70. The summed E-state index contributed by atoms with van der Waals surface area (Å²) in [5.41, 5.74) is 1.02. The largest absolute Gasteiger partial charge is 0.482 e. The molecule has 1 aromatic rings. The second-order valence-corrected chi connectivity index (χ2v) is 4.73. The Bertz CT molecular complexity index is 417. The van der Waals surface area contributed by atoms with Gasteiger partial charge in [0.05, 0.1) is 11.6 Å². The Morgan fingerprint density at radius 2 is 2.16 bits per heavy atom. The summed E-state index contributed by atoms with van der Waals surface area (Å²) in [6, 6.07) is 5.42. The van der Waals surface area contributed by atoms with Crippen LogP contribution in [0.2, 0.25) is 5.02 Å². The van der Waals surface area contributed by atoms with Crippen LogP contribution in [0.5, 0.6) is 5.75 Å². The van der Waals surface area contributed by atoms with Crippen LogP contribution < -0.4 is 4.74 Å². The smallest absolute Gasteiger partial charge is 0.260 e. The van der Waals surface area contributed by atoms with E-state index in [9.17, 15) is 4.79 Å². The summed E-state index contributed by atoms with van der Waals surface area (Å²) in [6.07, 6.45) is 0.844. The van der Waals surface area contributed by atoms with Crippen molar-refractivity contribution in [3.63, 3.8) is 0 Å². The number of amides is 1. The van der Waals surface area contributed by atoms with Crippen molar-refractivity contribution < 1.29 is 14.6 Å². The van der Waals surface area contributed by atoms with Crippen LogP contribution in [0, 0.1) is 6.92 Å². The third-order valence-electron chi connectivity index (χ3n) is 2.65. The predicted octanol–water partition coefficient (Wildman–Crippen LogP) is 2.26. The third-order valence-corrected chi connectivity index (χ3v) is 2.97. The second-order valence-electron chi connectivity index (χ2n) is 4.33. The molecule has 0 spiro atoms. The van der Waals surface area contributed by atoms with Crippen LogP contribution in [0.3, 0.4) is 0 Å². The number of hydrogen-bond acceptors (Lipinski definition) is 3. The maximum atomic E-state index is 11.9. The number of carbonyl (C=O) groups is 1. The molecular formula is C14H20ClNO3. The first-order valence-corrected chi connectivity index (χ1v) is 6.73. The van der Waals surface area contributed by atoms with E-state index in [-0.39, 0.29) is 19.1 Å². The average Bonchev–Trinajstić information content (AvgIpc) is 2.39. The molecule has 0 aliphatic heterocycles. The number of rotatable bonds is 7. The zero-order valence-corrected chi connectivity index (χ0v) is 12.1. The highest BCUT2D eigenvalue weighted by Gasteiger charge is 2.13. The zero-order chi connectivity index (χ0) is 14.3. The molecule has 0 fully saturated rings. The van der Waals surface area contributed by atoms with Gasteiger partial charge in [0, 0.05) is 13.1 Å². The van der Waals surface area contributed by atoms with Gasteiger partial charge in [0.1, 0.15) is 5.75 Å². The summed E-state index contributed by atoms with van der Waals surface area (Å²) in [5, 5.41) is 9.41. The lowest BCUT2D eigenvalue weighted by Crippen LogP contribution is -2.37. The van der Waals surface area contributed by atoms with Gasteiger partial charge in [-0.25, -0.2) is 0 Å². The third kappa shape index (κ3) is 5.09. The van der Waals surface area contributed by atoms with E-state index in [1.54, 1.807) is 17.0 Å². The Hall–Kier alpha value is -1.26. The Balaban J connectivity index is 2.59. The van der Waals surface area contributed by atoms with Crippen molar-refractivity contribution in [2.45, 2.75) is 20.3 Å². The maximum absolute atomic E-state index is 11.9. The molecule has 1 amide bonds. The molecule has 106 valence electrons. The standard InChI is InChI=1S/C14H20ClNO3/c1-3-6-16(7-8-17)14(18)10-19-13-9-11(2)4-5-12(13)15/h4-5,9,17H,3,6-8,10H2,1-2H3. The van der Waals surface area contributed by atoms with Gasteiger partial charge in [-0.1, -0.05) is 24.6 Å². The van der Waals surface area contributed by atoms with Crippen molar-refractivity contribution in [2.24, 2.45) is 0 Å². The van der Waals surface area contributed by atoms with Gasteiger partial charge in [0.15, 0.2) is 6.61 Å². The lowest BCUT2D eigenvalue weighted by molar-refractivity contribution is -0.133. The average molecular weight is 286 g/mol. The molecule has 0 atom stereocenters.